The quantitative estimate of drug-likeness (QED) is 0.169. The fraction of sp³-hybridized carbons (Fsp3) is 0.0612. The van der Waals surface area contributed by atoms with Crippen LogP contribution < -0.4 is 0 Å². The molecule has 0 spiro atoms. The van der Waals surface area contributed by atoms with E-state index in [-0.39, 0.29) is 5.41 Å². The highest BCUT2D eigenvalue weighted by atomic mass is 14.4. The van der Waals surface area contributed by atoms with E-state index in [1.54, 1.807) is 0 Å². The third-order valence-corrected chi connectivity index (χ3v) is 11.5. The molecule has 0 heterocycles. The molecule has 0 bridgehead atoms. The van der Waals surface area contributed by atoms with E-state index in [2.05, 4.69) is 172 Å². The lowest BCUT2D eigenvalue weighted by Gasteiger charge is -2.25. The SMILES string of the molecule is CC1(C)c2c(ccc3ccccc23)-c2c1c1ccc(-c3ccc(-c4ccc5ccc6cccc7ccc4c5c67)cc3)cc1c1ccccc21. The second-order valence-corrected chi connectivity index (χ2v) is 14.4. The van der Waals surface area contributed by atoms with Crippen LogP contribution in [0, 0.1) is 0 Å². The lowest BCUT2D eigenvalue weighted by atomic mass is 9.77. The third kappa shape index (κ3) is 3.58. The Labute approximate surface area is 285 Å². The molecule has 0 heteroatoms. The number of fused-ring (bicyclic) bond motifs is 10. The molecule has 1 aliphatic rings. The summed E-state index contributed by atoms with van der Waals surface area (Å²) < 4.78 is 0. The lowest BCUT2D eigenvalue weighted by molar-refractivity contribution is 0.672. The van der Waals surface area contributed by atoms with Crippen molar-refractivity contribution in [1.82, 2.24) is 0 Å². The second kappa shape index (κ2) is 9.56. The van der Waals surface area contributed by atoms with E-state index >= 15 is 0 Å². The molecule has 0 saturated carbocycles. The van der Waals surface area contributed by atoms with Gasteiger partial charge in [-0.3, -0.25) is 0 Å². The van der Waals surface area contributed by atoms with Crippen molar-refractivity contribution in [3.05, 3.63) is 169 Å². The third-order valence-electron chi connectivity index (χ3n) is 11.5. The first-order chi connectivity index (χ1) is 24.1. The van der Waals surface area contributed by atoms with Crippen LogP contribution in [0.15, 0.2) is 158 Å². The standard InChI is InChI=1S/C49H32/c1-49(2)47-37-11-4-3-8-30(37)20-27-42(47)46-39-13-6-5-12-38(39)43-28-35(23-26-41(43)48(46)49)29-14-16-31(17-15-29)36-24-21-34-19-18-32-9-7-10-33-22-25-40(36)45(34)44(32)33/h3-28H,1-2H3. The summed E-state index contributed by atoms with van der Waals surface area (Å²) in [7, 11) is 0. The number of rotatable bonds is 2. The molecule has 11 rings (SSSR count). The summed E-state index contributed by atoms with van der Waals surface area (Å²) in [6.07, 6.45) is 0. The van der Waals surface area contributed by atoms with Gasteiger partial charge in [0.05, 0.1) is 0 Å². The highest BCUT2D eigenvalue weighted by molar-refractivity contribution is 6.25. The number of hydrogen-bond donors (Lipinski definition) is 0. The zero-order valence-electron chi connectivity index (χ0n) is 27.5. The molecule has 10 aromatic rings. The Hall–Kier alpha value is -5.98. The van der Waals surface area contributed by atoms with Gasteiger partial charge in [0, 0.05) is 5.41 Å². The molecule has 0 nitrogen and oxygen atoms in total. The molecular weight excluding hydrogens is 589 g/mol. The fourth-order valence-electron chi connectivity index (χ4n) is 9.41. The minimum atomic E-state index is -0.127. The maximum absolute atomic E-state index is 2.43. The van der Waals surface area contributed by atoms with Crippen molar-refractivity contribution in [3.63, 3.8) is 0 Å². The van der Waals surface area contributed by atoms with Crippen molar-refractivity contribution in [1.29, 1.82) is 0 Å². The van der Waals surface area contributed by atoms with Gasteiger partial charge >= 0.3 is 0 Å². The highest BCUT2D eigenvalue weighted by Gasteiger charge is 2.39. The molecule has 0 amide bonds. The van der Waals surface area contributed by atoms with Gasteiger partial charge in [-0.1, -0.05) is 166 Å². The maximum Gasteiger partial charge on any atom is 0.0171 e. The van der Waals surface area contributed by atoms with Crippen LogP contribution in [-0.4, -0.2) is 0 Å². The largest absolute Gasteiger partial charge is 0.0616 e. The van der Waals surface area contributed by atoms with Gasteiger partial charge in [0.25, 0.3) is 0 Å². The zero-order chi connectivity index (χ0) is 32.4. The lowest BCUT2D eigenvalue weighted by Crippen LogP contribution is -2.16. The van der Waals surface area contributed by atoms with Gasteiger partial charge in [0.1, 0.15) is 0 Å². The summed E-state index contributed by atoms with van der Waals surface area (Å²) >= 11 is 0. The molecule has 0 N–H and O–H groups in total. The maximum atomic E-state index is 2.43. The zero-order valence-corrected chi connectivity index (χ0v) is 27.5. The van der Waals surface area contributed by atoms with Crippen LogP contribution in [0.3, 0.4) is 0 Å². The van der Waals surface area contributed by atoms with E-state index in [0.717, 1.165) is 0 Å². The Morgan fingerprint density at radius 3 is 1.71 bits per heavy atom. The number of hydrogen-bond acceptors (Lipinski definition) is 0. The van der Waals surface area contributed by atoms with E-state index in [4.69, 9.17) is 0 Å². The van der Waals surface area contributed by atoms with Crippen LogP contribution >= 0.6 is 0 Å². The first kappa shape index (κ1) is 27.0. The molecule has 228 valence electrons. The molecule has 0 aromatic heterocycles. The molecule has 0 radical (unpaired) electrons. The first-order valence-electron chi connectivity index (χ1n) is 17.4. The average Bonchev–Trinajstić information content (AvgIpc) is 3.41. The van der Waals surface area contributed by atoms with Gasteiger partial charge in [0.2, 0.25) is 0 Å². The Balaban J connectivity index is 1.08. The van der Waals surface area contributed by atoms with Crippen molar-refractivity contribution in [2.24, 2.45) is 0 Å². The molecule has 1 aliphatic carbocycles. The molecule has 0 atom stereocenters. The minimum absolute atomic E-state index is 0.127. The van der Waals surface area contributed by atoms with Crippen molar-refractivity contribution in [2.75, 3.05) is 0 Å². The van der Waals surface area contributed by atoms with Gasteiger partial charge in [-0.15, -0.1) is 0 Å². The van der Waals surface area contributed by atoms with E-state index in [1.165, 1.54) is 109 Å². The molecule has 10 aromatic carbocycles. The van der Waals surface area contributed by atoms with Crippen LogP contribution in [0.5, 0.6) is 0 Å². The Kier molecular flexibility index (Phi) is 5.27. The van der Waals surface area contributed by atoms with Crippen LogP contribution in [0.1, 0.15) is 25.0 Å². The summed E-state index contributed by atoms with van der Waals surface area (Å²) in [4.78, 5) is 0. The van der Waals surface area contributed by atoms with Gasteiger partial charge < -0.3 is 0 Å². The van der Waals surface area contributed by atoms with Crippen LogP contribution in [-0.2, 0) is 5.41 Å². The highest BCUT2D eigenvalue weighted by Crippen LogP contribution is 2.56. The summed E-state index contributed by atoms with van der Waals surface area (Å²) in [6, 6.07) is 59.2. The molecule has 0 aliphatic heterocycles. The topological polar surface area (TPSA) is 0 Å². The van der Waals surface area contributed by atoms with Crippen LogP contribution in [0.2, 0.25) is 0 Å². The molecular formula is C49H32. The molecule has 0 unspecified atom stereocenters. The molecule has 0 saturated heterocycles. The molecule has 0 fully saturated rings. The normalized spacial score (nSPS) is 13.7. The van der Waals surface area contributed by atoms with E-state index in [1.807, 2.05) is 0 Å². The van der Waals surface area contributed by atoms with Crippen LogP contribution in [0.4, 0.5) is 0 Å². The van der Waals surface area contributed by atoms with E-state index < -0.39 is 0 Å². The molecule has 49 heavy (non-hydrogen) atoms. The average molecular weight is 621 g/mol. The van der Waals surface area contributed by atoms with Gasteiger partial charge in [-0.25, -0.2) is 0 Å². The van der Waals surface area contributed by atoms with Crippen molar-refractivity contribution >= 4 is 64.6 Å². The first-order valence-corrected chi connectivity index (χ1v) is 17.4. The Bertz CT molecular complexity index is 2980. The Morgan fingerprint density at radius 2 is 0.898 bits per heavy atom. The second-order valence-electron chi connectivity index (χ2n) is 14.4. The predicted molar refractivity (Wildman–Crippen MR) is 211 cm³/mol. The summed E-state index contributed by atoms with van der Waals surface area (Å²) in [5.41, 5.74) is 10.6. The van der Waals surface area contributed by atoms with E-state index in [0.29, 0.717) is 0 Å². The van der Waals surface area contributed by atoms with Crippen molar-refractivity contribution in [3.8, 4) is 33.4 Å². The smallest absolute Gasteiger partial charge is 0.0171 e. The Morgan fingerprint density at radius 1 is 0.327 bits per heavy atom. The van der Waals surface area contributed by atoms with Crippen molar-refractivity contribution < 1.29 is 0 Å². The number of benzene rings is 10. The fourth-order valence-corrected chi connectivity index (χ4v) is 9.41. The van der Waals surface area contributed by atoms with Crippen molar-refractivity contribution in [2.45, 2.75) is 19.3 Å². The summed E-state index contributed by atoms with van der Waals surface area (Å²) in [5, 5.41) is 16.0. The minimum Gasteiger partial charge on any atom is -0.0616 e. The predicted octanol–water partition coefficient (Wildman–Crippen LogP) is 13.7. The summed E-state index contributed by atoms with van der Waals surface area (Å²) in [6.45, 7) is 4.84. The summed E-state index contributed by atoms with van der Waals surface area (Å²) in [5.74, 6) is 0. The van der Waals surface area contributed by atoms with E-state index in [9.17, 15) is 0 Å². The van der Waals surface area contributed by atoms with Gasteiger partial charge in [-0.2, -0.15) is 0 Å². The monoisotopic (exact) mass is 620 g/mol. The van der Waals surface area contributed by atoms with Crippen LogP contribution in [0.25, 0.3) is 98.0 Å². The van der Waals surface area contributed by atoms with Gasteiger partial charge in [-0.05, 0) is 115 Å². The van der Waals surface area contributed by atoms with Gasteiger partial charge in [0.15, 0.2) is 0 Å².